The molecule has 0 spiro atoms. The molecule has 0 aliphatic carbocycles. The molecule has 1 aromatic carbocycles. The van der Waals surface area contributed by atoms with Gasteiger partial charge in [-0.15, -0.1) is 0 Å². The van der Waals surface area contributed by atoms with Crippen LogP contribution in [0.4, 0.5) is 10.5 Å². The van der Waals surface area contributed by atoms with Crippen molar-refractivity contribution in [3.63, 3.8) is 0 Å². The largest absolute Gasteiger partial charge is 0.493 e. The van der Waals surface area contributed by atoms with Crippen LogP contribution in [0.25, 0.3) is 0 Å². The van der Waals surface area contributed by atoms with Gasteiger partial charge in [0.25, 0.3) is 5.69 Å². The molecule has 0 aliphatic rings. The van der Waals surface area contributed by atoms with Gasteiger partial charge in [0, 0.05) is 12.6 Å². The van der Waals surface area contributed by atoms with E-state index in [0.717, 1.165) is 12.1 Å². The van der Waals surface area contributed by atoms with Crippen LogP contribution < -0.4 is 14.8 Å². The zero-order valence-electron chi connectivity index (χ0n) is 15.0. The number of carboxylic acid groups (broad SMARTS) is 1. The zero-order valence-corrected chi connectivity index (χ0v) is 15.0. The van der Waals surface area contributed by atoms with Crippen molar-refractivity contribution in [1.29, 1.82) is 0 Å². The molecule has 26 heavy (non-hydrogen) atoms. The lowest BCUT2D eigenvalue weighted by Crippen LogP contribution is -2.33. The number of nitro benzene ring substituents is 1. The second-order valence-corrected chi connectivity index (χ2v) is 6.21. The molecule has 1 aromatic rings. The summed E-state index contributed by atoms with van der Waals surface area (Å²) in [6.07, 6.45) is -0.159. The second kappa shape index (κ2) is 8.88. The summed E-state index contributed by atoms with van der Waals surface area (Å²) in [5.41, 5.74) is -1.69. The first kappa shape index (κ1) is 21.0. The van der Waals surface area contributed by atoms with Crippen LogP contribution in [0.5, 0.6) is 11.5 Å². The summed E-state index contributed by atoms with van der Waals surface area (Å²) >= 11 is 0. The third kappa shape index (κ3) is 6.46. The molecule has 0 aromatic heterocycles. The third-order valence-corrected chi connectivity index (χ3v) is 2.96. The highest BCUT2D eigenvalue weighted by atomic mass is 16.6. The van der Waals surface area contributed by atoms with E-state index in [4.69, 9.17) is 19.3 Å². The van der Waals surface area contributed by atoms with Crippen molar-refractivity contribution in [1.82, 2.24) is 5.32 Å². The average Bonchev–Trinajstić information content (AvgIpc) is 2.51. The number of amides is 1. The van der Waals surface area contributed by atoms with Gasteiger partial charge in [0.2, 0.25) is 0 Å². The lowest BCUT2D eigenvalue weighted by Gasteiger charge is -2.19. The Morgan fingerprint density at radius 1 is 1.27 bits per heavy atom. The first-order chi connectivity index (χ1) is 12.0. The van der Waals surface area contributed by atoms with Crippen LogP contribution in [0, 0.1) is 10.1 Å². The van der Waals surface area contributed by atoms with Crippen LogP contribution in [0.1, 0.15) is 37.6 Å². The van der Waals surface area contributed by atoms with E-state index >= 15 is 0 Å². The lowest BCUT2D eigenvalue weighted by atomic mass is 10.1. The molecule has 0 aliphatic heterocycles. The minimum Gasteiger partial charge on any atom is -0.493 e. The number of carbonyl (C=O) groups excluding carboxylic acids is 1. The first-order valence-electron chi connectivity index (χ1n) is 7.74. The summed E-state index contributed by atoms with van der Waals surface area (Å²) in [6, 6.07) is 2.04. The molecule has 0 unspecified atom stereocenters. The van der Waals surface area contributed by atoms with Gasteiger partial charge in [0.1, 0.15) is 11.2 Å². The van der Waals surface area contributed by atoms with Crippen LogP contribution in [0.15, 0.2) is 12.1 Å². The van der Waals surface area contributed by atoms with Crippen molar-refractivity contribution in [2.75, 3.05) is 20.3 Å². The predicted octanol–water partition coefficient (Wildman–Crippen LogP) is 2.60. The van der Waals surface area contributed by atoms with Crippen molar-refractivity contribution < 1.29 is 33.8 Å². The Hall–Kier alpha value is -3.04. The summed E-state index contributed by atoms with van der Waals surface area (Å²) in [6.45, 7) is 5.63. The smallest absolute Gasteiger partial charge is 0.407 e. The number of ether oxygens (including phenoxy) is 3. The van der Waals surface area contributed by atoms with Gasteiger partial charge in [-0.25, -0.2) is 9.59 Å². The van der Waals surface area contributed by atoms with Crippen molar-refractivity contribution in [2.45, 2.75) is 32.8 Å². The Morgan fingerprint density at radius 2 is 1.92 bits per heavy atom. The minimum atomic E-state index is -1.44. The van der Waals surface area contributed by atoms with Gasteiger partial charge in [-0.1, -0.05) is 0 Å². The van der Waals surface area contributed by atoms with E-state index in [1.54, 1.807) is 20.8 Å². The molecule has 0 heterocycles. The molecule has 0 saturated heterocycles. The van der Waals surface area contributed by atoms with Crippen molar-refractivity contribution in [3.05, 3.63) is 27.8 Å². The summed E-state index contributed by atoms with van der Waals surface area (Å²) in [7, 11) is 1.30. The van der Waals surface area contributed by atoms with E-state index in [9.17, 15) is 19.7 Å². The fraction of sp³-hybridized carbons (Fsp3) is 0.500. The number of hydrogen-bond acceptors (Lipinski definition) is 7. The van der Waals surface area contributed by atoms with Crippen molar-refractivity contribution in [3.8, 4) is 11.5 Å². The number of nitrogens with one attached hydrogen (secondary N) is 1. The average molecular weight is 370 g/mol. The van der Waals surface area contributed by atoms with Crippen LogP contribution in [-0.4, -0.2) is 48.0 Å². The van der Waals surface area contributed by atoms with Gasteiger partial charge >= 0.3 is 12.1 Å². The van der Waals surface area contributed by atoms with E-state index in [2.05, 4.69) is 5.32 Å². The molecule has 10 heteroatoms. The number of nitrogens with zero attached hydrogens (tertiary/aromatic N) is 1. The molecule has 144 valence electrons. The van der Waals surface area contributed by atoms with Crippen molar-refractivity contribution >= 4 is 17.7 Å². The fourth-order valence-electron chi connectivity index (χ4n) is 1.90. The van der Waals surface area contributed by atoms with Gasteiger partial charge < -0.3 is 24.6 Å². The minimum absolute atomic E-state index is 0.0430. The van der Waals surface area contributed by atoms with Gasteiger partial charge in [0.05, 0.1) is 24.7 Å². The maximum absolute atomic E-state index is 11.5. The summed E-state index contributed by atoms with van der Waals surface area (Å²) < 4.78 is 15.5. The molecule has 0 bridgehead atoms. The standard InChI is InChI=1S/C16H22N2O8/c1-16(2,3)26-15(21)17-6-5-7-25-13-9-11(18(22)23)10(14(19)20)8-12(13)24-4/h8-9H,5-7H2,1-4H3,(H,17,21)(H,19,20). The van der Waals surface area contributed by atoms with Gasteiger partial charge in [-0.2, -0.15) is 0 Å². The fourth-order valence-corrected chi connectivity index (χ4v) is 1.90. The summed E-state index contributed by atoms with van der Waals surface area (Å²) in [5.74, 6) is -1.34. The summed E-state index contributed by atoms with van der Waals surface area (Å²) in [4.78, 5) is 32.8. The molecule has 1 amide bonds. The van der Waals surface area contributed by atoms with Gasteiger partial charge in [-0.3, -0.25) is 10.1 Å². The molecular weight excluding hydrogens is 348 g/mol. The Kier molecular flexibility index (Phi) is 7.17. The molecule has 0 saturated carbocycles. The SMILES string of the molecule is COc1cc(C(=O)O)c([N+](=O)[O-])cc1OCCCNC(=O)OC(C)(C)C. The van der Waals surface area contributed by atoms with Crippen LogP contribution in [-0.2, 0) is 4.74 Å². The maximum Gasteiger partial charge on any atom is 0.407 e. The van der Waals surface area contributed by atoms with Crippen LogP contribution in [0.3, 0.4) is 0 Å². The second-order valence-electron chi connectivity index (χ2n) is 6.21. The molecule has 0 atom stereocenters. The highest BCUT2D eigenvalue weighted by molar-refractivity contribution is 5.93. The number of carbonyl (C=O) groups is 2. The number of rotatable bonds is 8. The zero-order chi connectivity index (χ0) is 19.9. The predicted molar refractivity (Wildman–Crippen MR) is 91.0 cm³/mol. The monoisotopic (exact) mass is 370 g/mol. The molecule has 0 radical (unpaired) electrons. The maximum atomic E-state index is 11.5. The van der Waals surface area contributed by atoms with Crippen LogP contribution in [0.2, 0.25) is 0 Å². The number of carboxylic acids is 1. The molecule has 10 nitrogen and oxygen atoms in total. The third-order valence-electron chi connectivity index (χ3n) is 2.96. The topological polar surface area (TPSA) is 137 Å². The number of nitro groups is 1. The van der Waals surface area contributed by atoms with E-state index < -0.39 is 33.8 Å². The normalized spacial score (nSPS) is 10.8. The summed E-state index contributed by atoms with van der Waals surface area (Å²) in [5, 5.41) is 22.6. The highest BCUT2D eigenvalue weighted by Crippen LogP contribution is 2.34. The van der Waals surface area contributed by atoms with E-state index in [1.807, 2.05) is 0 Å². The lowest BCUT2D eigenvalue weighted by molar-refractivity contribution is -0.385. The Balaban J connectivity index is 2.67. The van der Waals surface area contributed by atoms with E-state index in [1.165, 1.54) is 7.11 Å². The Labute approximate surface area is 150 Å². The van der Waals surface area contributed by atoms with Crippen molar-refractivity contribution in [2.24, 2.45) is 0 Å². The highest BCUT2D eigenvalue weighted by Gasteiger charge is 2.24. The Bertz CT molecular complexity index is 682. The molecule has 2 N–H and O–H groups in total. The van der Waals surface area contributed by atoms with Gasteiger partial charge in [0.15, 0.2) is 11.5 Å². The Morgan fingerprint density at radius 3 is 2.42 bits per heavy atom. The van der Waals surface area contributed by atoms with Crippen LogP contribution >= 0.6 is 0 Å². The molecular formula is C16H22N2O8. The van der Waals surface area contributed by atoms with Gasteiger partial charge in [-0.05, 0) is 27.2 Å². The first-order valence-corrected chi connectivity index (χ1v) is 7.74. The van der Waals surface area contributed by atoms with E-state index in [0.29, 0.717) is 6.42 Å². The number of alkyl carbamates (subject to hydrolysis) is 1. The number of hydrogen-bond donors (Lipinski definition) is 2. The number of aromatic carboxylic acids is 1. The number of methoxy groups -OCH3 is 1. The number of benzene rings is 1. The quantitative estimate of drug-likeness (QED) is 0.405. The van der Waals surface area contributed by atoms with E-state index in [-0.39, 0.29) is 24.7 Å². The molecule has 1 rings (SSSR count). The molecule has 0 fully saturated rings.